The highest BCUT2D eigenvalue weighted by Gasteiger charge is 2.33. The molecule has 210 valence electrons. The molecule has 1 fully saturated rings. The number of carbonyl (C=O) groups is 1. The van der Waals surface area contributed by atoms with Crippen molar-refractivity contribution < 1.29 is 31.8 Å². The Morgan fingerprint density at radius 3 is 2.55 bits per heavy atom. The minimum absolute atomic E-state index is 0.0533. The second kappa shape index (κ2) is 10.6. The smallest absolute Gasteiger partial charge is 0.416 e. The van der Waals surface area contributed by atoms with Gasteiger partial charge in [-0.15, -0.1) is 0 Å². The number of primary amides is 1. The number of nitrogens with two attached hydrogens (primary N) is 2. The normalized spacial score (nSPS) is 14.4. The molecule has 10 nitrogen and oxygen atoms in total. The van der Waals surface area contributed by atoms with E-state index in [1.54, 1.807) is 16.6 Å². The van der Waals surface area contributed by atoms with Crippen LogP contribution in [0.25, 0.3) is 16.6 Å². The molecule has 2 aromatic carbocycles. The molecule has 0 spiro atoms. The Morgan fingerprint density at radius 1 is 1.12 bits per heavy atom. The van der Waals surface area contributed by atoms with Crippen LogP contribution in [0.5, 0.6) is 5.75 Å². The molecule has 0 saturated carbocycles. The lowest BCUT2D eigenvalue weighted by Crippen LogP contribution is -2.36. The molecular weight excluding hydrogens is 534 g/mol. The fourth-order valence-corrected chi connectivity index (χ4v) is 4.71. The molecule has 0 unspecified atom stereocenters. The van der Waals surface area contributed by atoms with Crippen LogP contribution < -0.4 is 21.1 Å². The van der Waals surface area contributed by atoms with Crippen LogP contribution in [0.1, 0.15) is 11.3 Å². The molecule has 4 N–H and O–H groups in total. The lowest BCUT2D eigenvalue weighted by Gasteiger charge is -2.26. The third kappa shape index (κ3) is 5.10. The van der Waals surface area contributed by atoms with E-state index in [0.29, 0.717) is 59.5 Å². The van der Waals surface area contributed by atoms with Crippen molar-refractivity contribution in [3.63, 3.8) is 0 Å². The molecule has 14 heteroatoms. The number of hydrogen-bond acceptors (Lipinski definition) is 7. The number of rotatable bonds is 6. The van der Waals surface area contributed by atoms with Crippen LogP contribution >= 0.6 is 0 Å². The van der Waals surface area contributed by atoms with Crippen LogP contribution in [0.2, 0.25) is 0 Å². The summed E-state index contributed by atoms with van der Waals surface area (Å²) in [7, 11) is 1.31. The Bertz CT molecular complexity index is 1570. The van der Waals surface area contributed by atoms with Gasteiger partial charge in [-0.25, -0.2) is 18.7 Å². The highest BCUT2D eigenvalue weighted by molar-refractivity contribution is 6.01. The molecule has 3 heterocycles. The van der Waals surface area contributed by atoms with Gasteiger partial charge in [0.15, 0.2) is 5.82 Å². The summed E-state index contributed by atoms with van der Waals surface area (Å²) in [5.41, 5.74) is 12.5. The van der Waals surface area contributed by atoms with Gasteiger partial charge in [-0.05, 0) is 42.0 Å². The number of fused-ring (bicyclic) bond motifs is 1. The third-order valence-corrected chi connectivity index (χ3v) is 6.61. The number of alkyl halides is 3. The van der Waals surface area contributed by atoms with Gasteiger partial charge in [0.1, 0.15) is 23.4 Å². The first-order valence-electron chi connectivity index (χ1n) is 12.1. The molecule has 0 aliphatic carbocycles. The van der Waals surface area contributed by atoms with E-state index < -0.39 is 29.3 Å². The summed E-state index contributed by atoms with van der Waals surface area (Å²) in [4.78, 5) is 19.4. The monoisotopic (exact) mass is 559 g/mol. The molecule has 4 aromatic rings. The van der Waals surface area contributed by atoms with Crippen molar-refractivity contribution in [1.29, 1.82) is 0 Å². The average molecular weight is 560 g/mol. The van der Waals surface area contributed by atoms with Gasteiger partial charge in [0.2, 0.25) is 0 Å². The van der Waals surface area contributed by atoms with Crippen LogP contribution in [0.15, 0.2) is 48.8 Å². The van der Waals surface area contributed by atoms with Gasteiger partial charge >= 0.3 is 12.2 Å². The Labute approximate surface area is 225 Å². The highest BCUT2D eigenvalue weighted by Crippen LogP contribution is 2.41. The van der Waals surface area contributed by atoms with Crippen molar-refractivity contribution in [2.75, 3.05) is 44.0 Å². The van der Waals surface area contributed by atoms with Crippen molar-refractivity contribution in [3.05, 3.63) is 65.9 Å². The number of ether oxygens (including phenoxy) is 2. The van der Waals surface area contributed by atoms with Gasteiger partial charge in [0.25, 0.3) is 0 Å². The maximum atomic E-state index is 14.7. The average Bonchev–Trinajstić information content (AvgIpc) is 3.29. The van der Waals surface area contributed by atoms with Crippen molar-refractivity contribution in [3.8, 4) is 16.9 Å². The molecule has 1 aliphatic heterocycles. The lowest BCUT2D eigenvalue weighted by molar-refractivity contribution is -0.137. The maximum absolute atomic E-state index is 14.7. The van der Waals surface area contributed by atoms with Crippen LogP contribution in [0.3, 0.4) is 0 Å². The molecule has 0 radical (unpaired) electrons. The maximum Gasteiger partial charge on any atom is 0.416 e. The number of carbonyl (C=O) groups excluding carboxylic acids is 1. The summed E-state index contributed by atoms with van der Waals surface area (Å²) in [5, 5.41) is 4.38. The summed E-state index contributed by atoms with van der Waals surface area (Å²) in [5.74, 6) is -0.794. The highest BCUT2D eigenvalue weighted by atomic mass is 19.4. The van der Waals surface area contributed by atoms with E-state index >= 15 is 0 Å². The molecule has 5 rings (SSSR count). The van der Waals surface area contributed by atoms with Crippen molar-refractivity contribution in [2.24, 2.45) is 5.73 Å². The largest absolute Gasteiger partial charge is 0.495 e. The van der Waals surface area contributed by atoms with Crippen molar-refractivity contribution >= 4 is 28.7 Å². The van der Waals surface area contributed by atoms with Crippen molar-refractivity contribution in [2.45, 2.75) is 12.7 Å². The molecule has 40 heavy (non-hydrogen) atoms. The fraction of sp³-hybridized carbons (Fsp3) is 0.269. The van der Waals surface area contributed by atoms with Crippen molar-refractivity contribution in [1.82, 2.24) is 19.5 Å². The number of urea groups is 1. The number of amides is 2. The Morgan fingerprint density at radius 2 is 1.88 bits per heavy atom. The molecule has 2 aromatic heterocycles. The number of methoxy groups -OCH3 is 1. The lowest BCUT2D eigenvalue weighted by atomic mass is 10.0. The predicted molar refractivity (Wildman–Crippen MR) is 139 cm³/mol. The molecule has 0 bridgehead atoms. The van der Waals surface area contributed by atoms with Gasteiger partial charge in [0.05, 0.1) is 43.0 Å². The number of morpholine rings is 1. The number of hydrogen-bond donors (Lipinski definition) is 2. The minimum atomic E-state index is -4.77. The zero-order valence-electron chi connectivity index (χ0n) is 21.3. The van der Waals surface area contributed by atoms with Gasteiger partial charge in [-0.1, -0.05) is 6.07 Å². The van der Waals surface area contributed by atoms with E-state index in [0.717, 1.165) is 18.8 Å². The summed E-state index contributed by atoms with van der Waals surface area (Å²) < 4.78 is 67.4. The quantitative estimate of drug-likeness (QED) is 0.340. The molecule has 2 amide bonds. The van der Waals surface area contributed by atoms with E-state index in [9.17, 15) is 22.4 Å². The first-order valence-corrected chi connectivity index (χ1v) is 12.1. The Kier molecular flexibility index (Phi) is 7.21. The topological polar surface area (TPSA) is 124 Å². The van der Waals surface area contributed by atoms with E-state index in [4.69, 9.17) is 20.9 Å². The number of nitrogen functional groups attached to an aromatic ring is 1. The summed E-state index contributed by atoms with van der Waals surface area (Å²) >= 11 is 0. The van der Waals surface area contributed by atoms with Crippen LogP contribution in [0.4, 0.5) is 39.5 Å². The summed E-state index contributed by atoms with van der Waals surface area (Å²) in [6.07, 6.45) is -3.41. The minimum Gasteiger partial charge on any atom is -0.495 e. The first kappa shape index (κ1) is 27.1. The number of aromatic nitrogens is 3. The number of benzene rings is 2. The van der Waals surface area contributed by atoms with Crippen LogP contribution in [-0.2, 0) is 17.5 Å². The Hall–Kier alpha value is -4.43. The fourth-order valence-electron chi connectivity index (χ4n) is 4.71. The number of anilines is 3. The van der Waals surface area contributed by atoms with Crippen LogP contribution in [0, 0.1) is 5.82 Å². The third-order valence-electron chi connectivity index (χ3n) is 6.61. The standard InChI is InChI=1S/C26H25F4N7O3/c1-39-22-10-15(2-5-20(22)36(25(32)38)21-11-16(26(28,29)30)3-4-19(21)27)18-12-17(13-35-6-8-40-9-7-35)37-23(18)24(31)33-14-34-37/h2-5,10-12,14H,6-9,13H2,1H3,(H2,32,38)(H2,31,33,34). The predicted octanol–water partition coefficient (Wildman–Crippen LogP) is 4.19. The molecule has 0 atom stereocenters. The number of nitrogens with zero attached hydrogens (tertiary/aromatic N) is 5. The summed E-state index contributed by atoms with van der Waals surface area (Å²) in [6.45, 7) is 3.31. The van der Waals surface area contributed by atoms with Gasteiger partial charge in [-0.2, -0.15) is 18.3 Å². The Balaban J connectivity index is 1.60. The zero-order valence-corrected chi connectivity index (χ0v) is 21.3. The van der Waals surface area contributed by atoms with Crippen LogP contribution in [-0.4, -0.2) is 58.9 Å². The summed E-state index contributed by atoms with van der Waals surface area (Å²) in [6, 6.07) is 6.98. The van der Waals surface area contributed by atoms with E-state index in [-0.39, 0.29) is 17.3 Å². The SMILES string of the molecule is COc1cc(-c2cc(CN3CCOCC3)n3ncnc(N)c23)ccc1N(C(N)=O)c1cc(C(F)(F)F)ccc1F. The van der Waals surface area contributed by atoms with E-state index in [1.165, 1.54) is 19.5 Å². The second-order valence-electron chi connectivity index (χ2n) is 9.07. The first-order chi connectivity index (χ1) is 19.1. The number of halogens is 4. The second-order valence-corrected chi connectivity index (χ2v) is 9.07. The molecule has 1 aliphatic rings. The van der Waals surface area contributed by atoms with E-state index in [2.05, 4.69) is 15.0 Å². The molecular formula is C26H25F4N7O3. The van der Waals surface area contributed by atoms with Gasteiger partial charge in [0, 0.05) is 25.2 Å². The van der Waals surface area contributed by atoms with E-state index in [1.807, 2.05) is 6.07 Å². The van der Waals surface area contributed by atoms with Gasteiger partial charge < -0.3 is 20.9 Å². The molecule has 1 saturated heterocycles. The zero-order chi connectivity index (χ0) is 28.6. The van der Waals surface area contributed by atoms with Gasteiger partial charge in [-0.3, -0.25) is 9.80 Å².